The molecule has 0 aliphatic carbocycles. The maximum atomic E-state index is 6.20. The Labute approximate surface area is 115 Å². The van der Waals surface area contributed by atoms with Crippen molar-refractivity contribution in [1.29, 1.82) is 0 Å². The van der Waals surface area contributed by atoms with E-state index >= 15 is 0 Å². The Morgan fingerprint density at radius 2 is 1.72 bits per heavy atom. The number of hydrogen-bond donors (Lipinski definition) is 0. The molecule has 2 nitrogen and oxygen atoms in total. The molecular formula is C15H23ClO2. The van der Waals surface area contributed by atoms with Crippen molar-refractivity contribution in [2.45, 2.75) is 32.6 Å². The average molecular weight is 271 g/mol. The number of alkyl halides is 1. The second-order valence-corrected chi connectivity index (χ2v) is 5.56. The molecule has 0 aliphatic rings. The third-order valence-corrected chi connectivity index (χ3v) is 3.55. The highest BCUT2D eigenvalue weighted by atomic mass is 35.5. The van der Waals surface area contributed by atoms with Gasteiger partial charge in [-0.3, -0.25) is 0 Å². The standard InChI is InChI=1S/C15H23ClO2/c1-11(2)13(12(3)16)9-10-18-15-8-6-5-7-14(15)17-4/h5-8,11-13H,9-10H2,1-4H3. The third-order valence-electron chi connectivity index (χ3n) is 3.22. The van der Waals surface area contributed by atoms with E-state index in [0.29, 0.717) is 18.4 Å². The molecule has 102 valence electrons. The first-order valence-corrected chi connectivity index (χ1v) is 6.89. The van der Waals surface area contributed by atoms with E-state index in [1.807, 2.05) is 24.3 Å². The van der Waals surface area contributed by atoms with Crippen LogP contribution in [0.15, 0.2) is 24.3 Å². The first-order chi connectivity index (χ1) is 8.56. The van der Waals surface area contributed by atoms with Crippen molar-refractivity contribution in [3.63, 3.8) is 0 Å². The molecule has 1 rings (SSSR count). The lowest BCUT2D eigenvalue weighted by Crippen LogP contribution is -2.20. The topological polar surface area (TPSA) is 18.5 Å². The first-order valence-electron chi connectivity index (χ1n) is 6.46. The second kappa shape index (κ2) is 7.52. The minimum Gasteiger partial charge on any atom is -0.493 e. The molecule has 0 amide bonds. The van der Waals surface area contributed by atoms with Crippen LogP contribution in [-0.2, 0) is 0 Å². The van der Waals surface area contributed by atoms with E-state index in [9.17, 15) is 0 Å². The van der Waals surface area contributed by atoms with Crippen LogP contribution >= 0.6 is 11.6 Å². The predicted octanol–water partition coefficient (Wildman–Crippen LogP) is 4.36. The fourth-order valence-corrected chi connectivity index (χ4v) is 2.55. The summed E-state index contributed by atoms with van der Waals surface area (Å²) in [5.74, 6) is 2.61. The number of halogens is 1. The molecule has 1 aromatic rings. The van der Waals surface area contributed by atoms with Crippen LogP contribution in [0, 0.1) is 11.8 Å². The summed E-state index contributed by atoms with van der Waals surface area (Å²) in [4.78, 5) is 0. The van der Waals surface area contributed by atoms with Crippen LogP contribution in [-0.4, -0.2) is 19.1 Å². The molecular weight excluding hydrogens is 248 g/mol. The summed E-state index contributed by atoms with van der Waals surface area (Å²) in [5.41, 5.74) is 0. The molecule has 0 N–H and O–H groups in total. The molecule has 0 fully saturated rings. The smallest absolute Gasteiger partial charge is 0.161 e. The van der Waals surface area contributed by atoms with Crippen molar-refractivity contribution in [3.05, 3.63) is 24.3 Å². The Hall–Kier alpha value is -0.890. The molecule has 0 saturated heterocycles. The maximum Gasteiger partial charge on any atom is 0.161 e. The zero-order chi connectivity index (χ0) is 13.5. The van der Waals surface area contributed by atoms with Crippen LogP contribution < -0.4 is 9.47 Å². The van der Waals surface area contributed by atoms with Gasteiger partial charge in [-0.1, -0.05) is 26.0 Å². The normalized spacial score (nSPS) is 14.3. The summed E-state index contributed by atoms with van der Waals surface area (Å²) in [7, 11) is 1.65. The summed E-state index contributed by atoms with van der Waals surface area (Å²) in [6, 6.07) is 7.71. The van der Waals surface area contributed by atoms with Gasteiger partial charge in [0.1, 0.15) is 0 Å². The highest BCUT2D eigenvalue weighted by molar-refractivity contribution is 6.20. The number of hydrogen-bond acceptors (Lipinski definition) is 2. The van der Waals surface area contributed by atoms with Crippen molar-refractivity contribution < 1.29 is 9.47 Å². The Morgan fingerprint density at radius 3 is 2.22 bits per heavy atom. The minimum atomic E-state index is 0.172. The average Bonchev–Trinajstić information content (AvgIpc) is 2.34. The molecule has 0 aromatic heterocycles. The number of rotatable bonds is 7. The van der Waals surface area contributed by atoms with E-state index in [-0.39, 0.29) is 5.38 Å². The third kappa shape index (κ3) is 4.41. The summed E-state index contributed by atoms with van der Waals surface area (Å²) in [6.07, 6.45) is 0.959. The van der Waals surface area contributed by atoms with Gasteiger partial charge in [0.15, 0.2) is 11.5 Å². The molecule has 2 atom stereocenters. The van der Waals surface area contributed by atoms with Gasteiger partial charge in [-0.15, -0.1) is 11.6 Å². The van der Waals surface area contributed by atoms with E-state index in [1.165, 1.54) is 0 Å². The van der Waals surface area contributed by atoms with Crippen LogP contribution in [0.4, 0.5) is 0 Å². The molecule has 18 heavy (non-hydrogen) atoms. The van der Waals surface area contributed by atoms with Gasteiger partial charge in [-0.2, -0.15) is 0 Å². The molecule has 0 heterocycles. The van der Waals surface area contributed by atoms with Crippen LogP contribution in [0.1, 0.15) is 27.2 Å². The van der Waals surface area contributed by atoms with Gasteiger partial charge >= 0.3 is 0 Å². The van der Waals surface area contributed by atoms with Crippen LogP contribution in [0.3, 0.4) is 0 Å². The number of para-hydroxylation sites is 2. The monoisotopic (exact) mass is 270 g/mol. The van der Waals surface area contributed by atoms with Crippen LogP contribution in [0.25, 0.3) is 0 Å². The van der Waals surface area contributed by atoms with E-state index < -0.39 is 0 Å². The Bertz CT molecular complexity index is 342. The summed E-state index contributed by atoms with van der Waals surface area (Å²) in [6.45, 7) is 7.12. The second-order valence-electron chi connectivity index (χ2n) is 4.87. The molecule has 3 heteroatoms. The van der Waals surface area contributed by atoms with E-state index in [0.717, 1.165) is 17.9 Å². The van der Waals surface area contributed by atoms with E-state index in [4.69, 9.17) is 21.1 Å². The Morgan fingerprint density at radius 1 is 1.11 bits per heavy atom. The van der Waals surface area contributed by atoms with Crippen molar-refractivity contribution in [1.82, 2.24) is 0 Å². The quantitative estimate of drug-likeness (QED) is 0.685. The van der Waals surface area contributed by atoms with Crippen LogP contribution in [0.2, 0.25) is 0 Å². The highest BCUT2D eigenvalue weighted by Gasteiger charge is 2.19. The Balaban J connectivity index is 2.50. The van der Waals surface area contributed by atoms with Crippen molar-refractivity contribution >= 4 is 11.6 Å². The summed E-state index contributed by atoms with van der Waals surface area (Å²) in [5, 5.41) is 0.172. The minimum absolute atomic E-state index is 0.172. The van der Waals surface area contributed by atoms with E-state index in [2.05, 4.69) is 20.8 Å². The van der Waals surface area contributed by atoms with Gasteiger partial charge in [0, 0.05) is 5.38 Å². The van der Waals surface area contributed by atoms with Crippen molar-refractivity contribution in [3.8, 4) is 11.5 Å². The number of methoxy groups -OCH3 is 1. The van der Waals surface area contributed by atoms with Crippen molar-refractivity contribution in [2.75, 3.05) is 13.7 Å². The molecule has 0 bridgehead atoms. The fraction of sp³-hybridized carbons (Fsp3) is 0.600. The molecule has 1 aromatic carbocycles. The lowest BCUT2D eigenvalue weighted by atomic mass is 9.90. The summed E-state index contributed by atoms with van der Waals surface area (Å²) < 4.78 is 11.0. The number of ether oxygens (including phenoxy) is 2. The molecule has 2 unspecified atom stereocenters. The first kappa shape index (κ1) is 15.2. The van der Waals surface area contributed by atoms with E-state index in [1.54, 1.807) is 7.11 Å². The SMILES string of the molecule is COc1ccccc1OCCC(C(C)C)C(C)Cl. The highest BCUT2D eigenvalue weighted by Crippen LogP contribution is 2.28. The molecule has 0 radical (unpaired) electrons. The summed E-state index contributed by atoms with van der Waals surface area (Å²) >= 11 is 6.20. The zero-order valence-electron chi connectivity index (χ0n) is 11.7. The van der Waals surface area contributed by atoms with Gasteiger partial charge in [0.25, 0.3) is 0 Å². The predicted molar refractivity (Wildman–Crippen MR) is 76.7 cm³/mol. The lowest BCUT2D eigenvalue weighted by Gasteiger charge is -2.23. The van der Waals surface area contributed by atoms with Gasteiger partial charge in [0.2, 0.25) is 0 Å². The van der Waals surface area contributed by atoms with Gasteiger partial charge in [-0.05, 0) is 37.3 Å². The molecule has 0 aliphatic heterocycles. The number of benzene rings is 1. The van der Waals surface area contributed by atoms with Crippen molar-refractivity contribution in [2.24, 2.45) is 11.8 Å². The van der Waals surface area contributed by atoms with Gasteiger partial charge in [-0.25, -0.2) is 0 Å². The fourth-order valence-electron chi connectivity index (χ4n) is 2.14. The Kier molecular flexibility index (Phi) is 6.34. The molecule has 0 spiro atoms. The largest absolute Gasteiger partial charge is 0.493 e. The van der Waals surface area contributed by atoms with Crippen LogP contribution in [0.5, 0.6) is 11.5 Å². The zero-order valence-corrected chi connectivity index (χ0v) is 12.4. The van der Waals surface area contributed by atoms with Gasteiger partial charge < -0.3 is 9.47 Å². The lowest BCUT2D eigenvalue weighted by molar-refractivity contribution is 0.238. The maximum absolute atomic E-state index is 6.20. The molecule has 0 saturated carbocycles. The van der Waals surface area contributed by atoms with Gasteiger partial charge in [0.05, 0.1) is 13.7 Å².